The Kier molecular flexibility index (Phi) is 4.44. The lowest BCUT2D eigenvalue weighted by molar-refractivity contribution is 0.192. The minimum absolute atomic E-state index is 0.300. The highest BCUT2D eigenvalue weighted by Gasteiger charge is 2.29. The van der Waals surface area contributed by atoms with E-state index in [2.05, 4.69) is 4.98 Å². The first kappa shape index (κ1) is 16.0. The molecule has 0 bridgehead atoms. The van der Waals surface area contributed by atoms with Crippen molar-refractivity contribution < 1.29 is 14.0 Å². The van der Waals surface area contributed by atoms with Gasteiger partial charge in [-0.1, -0.05) is 18.5 Å². The van der Waals surface area contributed by atoms with Crippen LogP contribution in [0.25, 0.3) is 10.9 Å². The van der Waals surface area contributed by atoms with Crippen LogP contribution in [0.1, 0.15) is 20.3 Å². The van der Waals surface area contributed by atoms with Crippen LogP contribution >= 0.6 is 19.2 Å². The van der Waals surface area contributed by atoms with E-state index in [0.717, 1.165) is 0 Å². The molecule has 0 spiro atoms. The minimum atomic E-state index is -4.20. The highest BCUT2D eigenvalue weighted by molar-refractivity contribution is 7.61. The normalized spacial score (nSPS) is 15.8. The number of pyridine rings is 1. The van der Waals surface area contributed by atoms with E-state index in [4.69, 9.17) is 21.9 Å². The number of nitrogen functional groups attached to an aromatic ring is 1. The zero-order valence-corrected chi connectivity index (χ0v) is 13.2. The van der Waals surface area contributed by atoms with Gasteiger partial charge in [-0.2, -0.15) is 0 Å². The minimum Gasteiger partial charge on any atom is -0.398 e. The molecule has 0 aliphatic carbocycles. The lowest BCUT2D eigenvalue weighted by Gasteiger charge is -2.16. The van der Waals surface area contributed by atoms with Gasteiger partial charge in [-0.25, -0.2) is 0 Å². The zero-order valence-electron chi connectivity index (χ0n) is 11.6. The smallest absolute Gasteiger partial charge is 0.364 e. The van der Waals surface area contributed by atoms with Gasteiger partial charge in [-0.3, -0.25) is 9.36 Å². The summed E-state index contributed by atoms with van der Waals surface area (Å²) in [6.07, 6.45) is 0.115. The first-order valence-electron chi connectivity index (χ1n) is 6.38. The number of H-pyrrole nitrogens is 1. The number of hydrogen-bond donors (Lipinski definition) is 3. The molecule has 1 heterocycles. The van der Waals surface area contributed by atoms with Crippen LogP contribution in [-0.2, 0) is 9.09 Å². The fraction of sp³-hybridized carbons (Fsp3) is 0.308. The first-order chi connectivity index (χ1) is 9.74. The van der Waals surface area contributed by atoms with Gasteiger partial charge in [0, 0.05) is 10.9 Å². The van der Waals surface area contributed by atoms with Gasteiger partial charge in [-0.05, 0) is 31.5 Å². The molecule has 1 aromatic carbocycles. The Morgan fingerprint density at radius 1 is 1.48 bits per heavy atom. The number of aromatic amines is 1. The van der Waals surface area contributed by atoms with Gasteiger partial charge in [0.15, 0.2) is 0 Å². The highest BCUT2D eigenvalue weighted by atomic mass is 35.5. The summed E-state index contributed by atoms with van der Waals surface area (Å²) in [5.74, 6) is 0. The molecule has 6 nitrogen and oxygen atoms in total. The van der Waals surface area contributed by atoms with Gasteiger partial charge in [0.1, 0.15) is 5.30 Å². The van der Waals surface area contributed by atoms with E-state index in [9.17, 15) is 14.3 Å². The third-order valence-electron chi connectivity index (χ3n) is 3.14. The zero-order chi connectivity index (χ0) is 15.8. The fourth-order valence-corrected chi connectivity index (χ4v) is 3.35. The van der Waals surface area contributed by atoms with Gasteiger partial charge < -0.3 is 20.1 Å². The number of nitrogens with two attached hydrogens (primary N) is 1. The molecule has 0 amide bonds. The third-order valence-corrected chi connectivity index (χ3v) is 5.06. The van der Waals surface area contributed by atoms with E-state index in [-0.39, 0.29) is 5.30 Å². The van der Waals surface area contributed by atoms with Crippen LogP contribution in [0.5, 0.6) is 0 Å². The Hall–Kier alpha value is -1.33. The molecular formula is C13H16ClN2O4P. The molecule has 0 saturated heterocycles. The van der Waals surface area contributed by atoms with Crippen molar-refractivity contribution in [2.45, 2.75) is 26.4 Å². The Morgan fingerprint density at radius 3 is 2.76 bits per heavy atom. The molecule has 0 aliphatic rings. The number of halogens is 1. The predicted octanol–water partition coefficient (Wildman–Crippen LogP) is 2.39. The Balaban J connectivity index is 2.59. The van der Waals surface area contributed by atoms with Gasteiger partial charge in [0.25, 0.3) is 5.56 Å². The summed E-state index contributed by atoms with van der Waals surface area (Å²) in [7, 11) is -4.20. The quantitative estimate of drug-likeness (QED) is 0.589. The molecule has 2 rings (SSSR count). The largest absolute Gasteiger partial charge is 0.398 e. The first-order valence-corrected chi connectivity index (χ1v) is 8.34. The second-order valence-electron chi connectivity index (χ2n) is 4.79. The maximum atomic E-state index is 12.3. The van der Waals surface area contributed by atoms with Crippen molar-refractivity contribution in [1.82, 2.24) is 4.98 Å². The van der Waals surface area contributed by atoms with Gasteiger partial charge in [0.05, 0.1) is 16.8 Å². The second-order valence-corrected chi connectivity index (χ2v) is 6.93. The van der Waals surface area contributed by atoms with Gasteiger partial charge in [0.2, 0.25) is 0 Å². The molecule has 0 radical (unpaired) electrons. The number of nitrogens with one attached hydrogen (secondary N) is 1. The molecule has 2 aromatic rings. The number of rotatable bonds is 4. The monoisotopic (exact) mass is 330 g/mol. The standard InChI is InChI=1S/C13H16ClN2O4P/c1-3-7(2)20-21(18,19)12-5-8-4-10(15)9(14)6-11(8)16-13(12)17/h4-7H,3,15H2,1-2H3,(H,16,17)(H,18,19). The molecule has 114 valence electrons. The molecule has 0 saturated carbocycles. The lowest BCUT2D eigenvalue weighted by Crippen LogP contribution is -2.29. The molecule has 8 heteroatoms. The van der Waals surface area contributed by atoms with Crippen molar-refractivity contribution in [3.63, 3.8) is 0 Å². The predicted molar refractivity (Wildman–Crippen MR) is 84.3 cm³/mol. The van der Waals surface area contributed by atoms with Crippen LogP contribution in [0.2, 0.25) is 5.02 Å². The van der Waals surface area contributed by atoms with E-state index < -0.39 is 19.3 Å². The van der Waals surface area contributed by atoms with Gasteiger partial charge in [-0.15, -0.1) is 0 Å². The van der Waals surface area contributed by atoms with E-state index in [0.29, 0.717) is 28.0 Å². The molecule has 2 unspecified atom stereocenters. The third kappa shape index (κ3) is 3.30. The highest BCUT2D eigenvalue weighted by Crippen LogP contribution is 2.41. The van der Waals surface area contributed by atoms with Crippen LogP contribution in [-0.4, -0.2) is 16.0 Å². The van der Waals surface area contributed by atoms with Crippen molar-refractivity contribution in [1.29, 1.82) is 0 Å². The van der Waals surface area contributed by atoms with Crippen molar-refractivity contribution in [2.75, 3.05) is 5.73 Å². The van der Waals surface area contributed by atoms with Crippen molar-refractivity contribution >= 4 is 41.1 Å². The Labute approximate surface area is 126 Å². The molecule has 4 N–H and O–H groups in total. The number of anilines is 1. The fourth-order valence-electron chi connectivity index (χ4n) is 1.82. The van der Waals surface area contributed by atoms with Crippen LogP contribution in [0, 0.1) is 0 Å². The average molecular weight is 331 g/mol. The van der Waals surface area contributed by atoms with Crippen molar-refractivity contribution in [3.05, 3.63) is 33.6 Å². The molecule has 0 fully saturated rings. The van der Waals surface area contributed by atoms with E-state index in [1.54, 1.807) is 6.92 Å². The maximum absolute atomic E-state index is 12.3. The lowest BCUT2D eigenvalue weighted by atomic mass is 10.2. The number of hydrogen-bond acceptors (Lipinski definition) is 4. The average Bonchev–Trinajstić information content (AvgIpc) is 2.39. The number of fused-ring (bicyclic) bond motifs is 1. The summed E-state index contributed by atoms with van der Waals surface area (Å²) >= 11 is 5.88. The molecule has 21 heavy (non-hydrogen) atoms. The van der Waals surface area contributed by atoms with Crippen LogP contribution < -0.4 is 16.6 Å². The molecular weight excluding hydrogens is 315 g/mol. The van der Waals surface area contributed by atoms with Gasteiger partial charge >= 0.3 is 7.60 Å². The summed E-state index contributed by atoms with van der Waals surface area (Å²) in [4.78, 5) is 24.5. The second kappa shape index (κ2) is 5.81. The topological polar surface area (TPSA) is 105 Å². The molecule has 2 atom stereocenters. The van der Waals surface area contributed by atoms with E-state index in [1.807, 2.05) is 6.92 Å². The summed E-state index contributed by atoms with van der Waals surface area (Å²) in [6.45, 7) is 3.48. The number of benzene rings is 1. The Bertz CT molecular complexity index is 790. The Morgan fingerprint density at radius 2 is 2.14 bits per heavy atom. The van der Waals surface area contributed by atoms with Crippen LogP contribution in [0.4, 0.5) is 5.69 Å². The van der Waals surface area contributed by atoms with E-state index >= 15 is 0 Å². The molecule has 0 aliphatic heterocycles. The van der Waals surface area contributed by atoms with Crippen LogP contribution in [0.15, 0.2) is 23.0 Å². The summed E-state index contributed by atoms with van der Waals surface area (Å²) in [5, 5.41) is 0.500. The maximum Gasteiger partial charge on any atom is 0.364 e. The van der Waals surface area contributed by atoms with Crippen molar-refractivity contribution in [3.8, 4) is 0 Å². The molecule has 1 aromatic heterocycles. The number of aromatic nitrogens is 1. The summed E-state index contributed by atoms with van der Waals surface area (Å²) in [6, 6.07) is 4.33. The van der Waals surface area contributed by atoms with Crippen molar-refractivity contribution in [2.24, 2.45) is 0 Å². The van der Waals surface area contributed by atoms with Crippen LogP contribution in [0.3, 0.4) is 0 Å². The SMILES string of the molecule is CCC(C)OP(=O)(O)c1cc2cc(N)c(Cl)cc2[nH]c1=O. The van der Waals surface area contributed by atoms with E-state index in [1.165, 1.54) is 18.2 Å². The summed E-state index contributed by atoms with van der Waals surface area (Å²) in [5.41, 5.74) is 5.77. The summed E-state index contributed by atoms with van der Waals surface area (Å²) < 4.78 is 17.3.